The molecule has 0 bridgehead atoms. The summed E-state index contributed by atoms with van der Waals surface area (Å²) >= 11 is 0. The molecule has 4 saturated heterocycles. The fourth-order valence-electron chi connectivity index (χ4n) is 4.62. The zero-order valence-corrected chi connectivity index (χ0v) is 22.6. The Morgan fingerprint density at radius 3 is 0.943 bits per heavy atom. The molecule has 2 unspecified atom stereocenters. The lowest BCUT2D eigenvalue weighted by Gasteiger charge is -2.28. The highest BCUT2D eigenvalue weighted by molar-refractivity contribution is 4.68. The van der Waals surface area contributed by atoms with E-state index in [9.17, 15) is 0 Å². The number of nitrogens with zero attached hydrogens (tertiary/aromatic N) is 5. The first kappa shape index (κ1) is 41.9. The molecule has 218 valence electrons. The van der Waals surface area contributed by atoms with Crippen LogP contribution < -0.4 is 0 Å². The molecule has 4 heterocycles. The smallest absolute Gasteiger partial charge is 0.0107 e. The molecule has 0 N–H and O–H groups in total. The summed E-state index contributed by atoms with van der Waals surface area (Å²) in [6.07, 6.45) is 7.03. The van der Waals surface area contributed by atoms with E-state index in [1.54, 1.807) is 0 Å². The van der Waals surface area contributed by atoms with Crippen LogP contribution in [-0.2, 0) is 0 Å². The largest absolute Gasteiger partial charge is 0.306 e. The van der Waals surface area contributed by atoms with E-state index < -0.39 is 0 Å². The molecule has 0 aromatic carbocycles. The Morgan fingerprint density at radius 2 is 0.686 bits per heavy atom. The lowest BCUT2D eigenvalue weighted by atomic mass is 10.00. The van der Waals surface area contributed by atoms with Crippen LogP contribution in [0, 0.1) is 17.8 Å². The van der Waals surface area contributed by atoms with Crippen LogP contribution in [-0.4, -0.2) is 125 Å². The Hall–Kier alpha value is -0.200. The minimum atomic E-state index is 0. The molecule has 2 atom stereocenters. The fourth-order valence-corrected chi connectivity index (χ4v) is 4.62. The van der Waals surface area contributed by atoms with E-state index in [4.69, 9.17) is 0 Å². The van der Waals surface area contributed by atoms with Gasteiger partial charge in [0.05, 0.1) is 0 Å². The average molecular weight is 504 g/mol. The van der Waals surface area contributed by atoms with Gasteiger partial charge in [0.15, 0.2) is 0 Å². The summed E-state index contributed by atoms with van der Waals surface area (Å²) in [5.41, 5.74) is 0. The molecule has 0 radical (unpaired) electrons. The molecule has 4 aliphatic heterocycles. The van der Waals surface area contributed by atoms with Crippen molar-refractivity contribution >= 4 is 0 Å². The van der Waals surface area contributed by atoms with Crippen molar-refractivity contribution in [1.29, 1.82) is 0 Å². The predicted octanol–water partition coefficient (Wildman–Crippen LogP) is 6.06. The molecular formula is C30H73N5. The van der Waals surface area contributed by atoms with Gasteiger partial charge in [-0.15, -0.1) is 0 Å². The van der Waals surface area contributed by atoms with Crippen LogP contribution in [0.4, 0.5) is 0 Å². The number of likely N-dealkylation sites (N-methyl/N-ethyl adjacent to an activating group) is 2. The summed E-state index contributed by atoms with van der Waals surface area (Å²) in [4.78, 5) is 11.9. The summed E-state index contributed by atoms with van der Waals surface area (Å²) in [5.74, 6) is 2.87. The Morgan fingerprint density at radius 1 is 0.371 bits per heavy atom. The summed E-state index contributed by atoms with van der Waals surface area (Å²) in [6, 6.07) is 0. The van der Waals surface area contributed by atoms with Crippen LogP contribution in [0.25, 0.3) is 0 Å². The maximum Gasteiger partial charge on any atom is 0.0107 e. The summed E-state index contributed by atoms with van der Waals surface area (Å²) in [6.45, 7) is 19.8. The third-order valence-corrected chi connectivity index (χ3v) is 7.22. The van der Waals surface area contributed by atoms with Gasteiger partial charge in [0, 0.05) is 39.3 Å². The van der Waals surface area contributed by atoms with Gasteiger partial charge in [-0.1, -0.05) is 50.5 Å². The number of piperidine rings is 2. The lowest BCUT2D eigenvalue weighted by Crippen LogP contribution is -2.42. The van der Waals surface area contributed by atoms with Crippen molar-refractivity contribution in [3.8, 4) is 0 Å². The zero-order chi connectivity index (χ0) is 23.2. The normalized spacial score (nSPS) is 26.4. The molecular weight excluding hydrogens is 430 g/mol. The van der Waals surface area contributed by atoms with Crippen molar-refractivity contribution in [2.24, 2.45) is 17.8 Å². The average Bonchev–Trinajstić information content (AvgIpc) is 3.10. The number of rotatable bonds is 0. The van der Waals surface area contributed by atoms with E-state index in [1.807, 2.05) is 0 Å². The van der Waals surface area contributed by atoms with Crippen LogP contribution in [0.5, 0.6) is 0 Å². The topological polar surface area (TPSA) is 16.2 Å². The second-order valence-electron chi connectivity index (χ2n) is 11.3. The monoisotopic (exact) mass is 504 g/mol. The van der Waals surface area contributed by atoms with Gasteiger partial charge in [0.25, 0.3) is 0 Å². The van der Waals surface area contributed by atoms with Gasteiger partial charge in [-0.05, 0) is 111 Å². The van der Waals surface area contributed by atoms with Crippen LogP contribution in [0.2, 0.25) is 0 Å². The van der Waals surface area contributed by atoms with E-state index in [0.717, 1.165) is 17.8 Å². The number of hydrogen-bond acceptors (Lipinski definition) is 5. The molecule has 0 spiro atoms. The minimum Gasteiger partial charge on any atom is -0.306 e. The van der Waals surface area contributed by atoms with Gasteiger partial charge in [-0.2, -0.15) is 0 Å². The first-order valence-electron chi connectivity index (χ1n) is 13.1. The Balaban J connectivity index is -0.000000177. The van der Waals surface area contributed by atoms with E-state index >= 15 is 0 Å². The maximum absolute atomic E-state index is 2.41. The fraction of sp³-hybridized carbons (Fsp3) is 1.00. The standard InChI is InChI=1S/2C7H15N.C6H14N2.C6H13N.4CH4/c1-7-3-5-8(2)6-4-7;1-7-4-3-5-8(2)6-7;1-7-3-5-8(2)6-4-7;1-6-3-4-7(2)5-6;;;;/h2*7H,3-6H2,1-2H3;3-6H2,1-2H3;6H,3-5H2,1-2H3;4*1H4. The SMILES string of the molecule is C.C.C.C.CC1CCCN(C)C1.CC1CCN(C)C1.CC1CCN(C)CC1.CN1CCN(C)CC1. The molecule has 4 aliphatic rings. The Bertz CT molecular complexity index is 361. The number of hydrogen-bond donors (Lipinski definition) is 0. The number of piperazine rings is 1. The van der Waals surface area contributed by atoms with Gasteiger partial charge in [0.2, 0.25) is 0 Å². The van der Waals surface area contributed by atoms with Crippen molar-refractivity contribution in [2.75, 3.05) is 101 Å². The molecule has 0 amide bonds. The predicted molar refractivity (Wildman–Crippen MR) is 165 cm³/mol. The van der Waals surface area contributed by atoms with E-state index in [2.05, 4.69) is 80.5 Å². The first-order chi connectivity index (χ1) is 14.7. The van der Waals surface area contributed by atoms with Crippen molar-refractivity contribution in [1.82, 2.24) is 24.5 Å². The Kier molecular flexibility index (Phi) is 28.9. The van der Waals surface area contributed by atoms with Crippen LogP contribution in [0.3, 0.4) is 0 Å². The third-order valence-electron chi connectivity index (χ3n) is 7.22. The van der Waals surface area contributed by atoms with E-state index in [1.165, 1.54) is 97.6 Å². The second kappa shape index (κ2) is 24.2. The van der Waals surface area contributed by atoms with Gasteiger partial charge in [-0.25, -0.2) is 0 Å². The molecule has 5 heteroatoms. The van der Waals surface area contributed by atoms with Crippen molar-refractivity contribution in [3.05, 3.63) is 0 Å². The molecule has 5 nitrogen and oxygen atoms in total. The van der Waals surface area contributed by atoms with Gasteiger partial charge >= 0.3 is 0 Å². The highest BCUT2D eigenvalue weighted by atomic mass is 15.2. The van der Waals surface area contributed by atoms with Gasteiger partial charge < -0.3 is 24.5 Å². The second-order valence-corrected chi connectivity index (χ2v) is 11.3. The van der Waals surface area contributed by atoms with Crippen LogP contribution in [0.1, 0.15) is 82.6 Å². The van der Waals surface area contributed by atoms with Crippen molar-refractivity contribution in [3.63, 3.8) is 0 Å². The van der Waals surface area contributed by atoms with Crippen LogP contribution in [0.15, 0.2) is 0 Å². The van der Waals surface area contributed by atoms with Gasteiger partial charge in [0.1, 0.15) is 0 Å². The Labute approximate surface area is 225 Å². The van der Waals surface area contributed by atoms with E-state index in [-0.39, 0.29) is 29.7 Å². The summed E-state index contributed by atoms with van der Waals surface area (Å²) in [7, 11) is 10.9. The van der Waals surface area contributed by atoms with Crippen molar-refractivity contribution in [2.45, 2.75) is 82.6 Å². The lowest BCUT2D eigenvalue weighted by molar-refractivity contribution is 0.181. The zero-order valence-electron chi connectivity index (χ0n) is 22.6. The van der Waals surface area contributed by atoms with E-state index in [0.29, 0.717) is 0 Å². The molecule has 0 aromatic rings. The molecule has 4 rings (SSSR count). The quantitative estimate of drug-likeness (QED) is 0.398. The highest BCUT2D eigenvalue weighted by Crippen LogP contribution is 2.14. The molecule has 0 aromatic heterocycles. The summed E-state index contributed by atoms with van der Waals surface area (Å²) < 4.78 is 0. The molecule has 35 heavy (non-hydrogen) atoms. The summed E-state index contributed by atoms with van der Waals surface area (Å²) in [5, 5.41) is 0. The molecule has 0 aliphatic carbocycles. The van der Waals surface area contributed by atoms with Gasteiger partial charge in [-0.3, -0.25) is 0 Å². The number of likely N-dealkylation sites (tertiary alicyclic amines) is 3. The van der Waals surface area contributed by atoms with Crippen molar-refractivity contribution < 1.29 is 0 Å². The highest BCUT2D eigenvalue weighted by Gasteiger charge is 2.13. The molecule has 0 saturated carbocycles. The molecule has 4 fully saturated rings. The van der Waals surface area contributed by atoms with Crippen LogP contribution >= 0.6 is 0 Å². The first-order valence-corrected chi connectivity index (χ1v) is 13.1. The third kappa shape index (κ3) is 22.7. The maximum atomic E-state index is 2.41. The minimum absolute atomic E-state index is 0.